The van der Waals surface area contributed by atoms with Gasteiger partial charge in [-0.15, -0.1) is 0 Å². The van der Waals surface area contributed by atoms with Gasteiger partial charge in [-0.25, -0.2) is 23.4 Å². The summed E-state index contributed by atoms with van der Waals surface area (Å²) >= 11 is 0. The number of nitrogens with zero attached hydrogens (tertiary/aromatic N) is 4. The lowest BCUT2D eigenvalue weighted by Crippen LogP contribution is -2.19. The van der Waals surface area contributed by atoms with Crippen LogP contribution in [0.3, 0.4) is 0 Å². The van der Waals surface area contributed by atoms with Crippen molar-refractivity contribution in [2.45, 2.75) is 62.2 Å². The van der Waals surface area contributed by atoms with E-state index in [1.165, 1.54) is 12.1 Å². The number of fused-ring (bicyclic) bond motifs is 1. The molecule has 4 heterocycles. The van der Waals surface area contributed by atoms with Gasteiger partial charge in [0.05, 0.1) is 16.3 Å². The van der Waals surface area contributed by atoms with E-state index in [-0.39, 0.29) is 22.8 Å². The Balaban J connectivity index is 1.47. The van der Waals surface area contributed by atoms with Gasteiger partial charge in [0.1, 0.15) is 34.9 Å². The zero-order chi connectivity index (χ0) is 28.9. The number of aromatic nitrogens is 4. The molecule has 1 saturated carbocycles. The molecule has 0 radical (unpaired) electrons. The molecule has 2 aliphatic rings. The van der Waals surface area contributed by atoms with Crippen molar-refractivity contribution in [1.29, 1.82) is 0 Å². The number of sulfone groups is 1. The summed E-state index contributed by atoms with van der Waals surface area (Å²) in [5, 5.41) is 6.13. The quantitative estimate of drug-likeness (QED) is 0.249. The standard InChI is InChI=1S/C28H29F3N6O3S/c1-16-32-26-20(33-19-12-11-18(17-9-10-17)14-21(19)41(2,38)39)15-24(35-23-7-5-6-22(34-23)28(29,30)31)36-27(26)37(16)25-8-3-4-13-40-25/h5-7,11-12,14-15,17,25H,3-4,8-10,13H2,1-2H3,(H2,33,34,35,36). The van der Waals surface area contributed by atoms with Crippen molar-refractivity contribution >= 4 is 44.0 Å². The van der Waals surface area contributed by atoms with E-state index in [0.29, 0.717) is 40.9 Å². The Morgan fingerprint density at radius 2 is 1.76 bits per heavy atom. The molecule has 6 rings (SSSR count). The highest BCUT2D eigenvalue weighted by atomic mass is 32.2. The number of ether oxygens (including phenoxy) is 1. The Bertz CT molecular complexity index is 1730. The largest absolute Gasteiger partial charge is 0.433 e. The fourth-order valence-corrected chi connectivity index (χ4v) is 6.03. The molecule has 2 fully saturated rings. The lowest BCUT2D eigenvalue weighted by atomic mass is 10.1. The summed E-state index contributed by atoms with van der Waals surface area (Å²) in [6, 6.07) is 10.5. The molecule has 4 aromatic rings. The average Bonchev–Trinajstić information content (AvgIpc) is 3.71. The van der Waals surface area contributed by atoms with E-state index in [1.54, 1.807) is 18.2 Å². The van der Waals surface area contributed by atoms with Crippen LogP contribution in [0.15, 0.2) is 47.4 Å². The maximum Gasteiger partial charge on any atom is 0.433 e. The normalized spacial score (nSPS) is 18.0. The summed E-state index contributed by atoms with van der Waals surface area (Å²) in [6.07, 6.45) is 0.972. The Hall–Kier alpha value is -3.71. The van der Waals surface area contributed by atoms with Crippen LogP contribution in [0.2, 0.25) is 0 Å². The average molecular weight is 587 g/mol. The third-order valence-electron chi connectivity index (χ3n) is 7.29. The maximum atomic E-state index is 13.3. The molecule has 0 amide bonds. The second kappa shape index (κ2) is 10.3. The molecule has 1 atom stereocenters. The molecule has 1 aliphatic carbocycles. The van der Waals surface area contributed by atoms with Gasteiger partial charge in [-0.1, -0.05) is 12.1 Å². The molecule has 1 saturated heterocycles. The molecule has 13 heteroatoms. The highest BCUT2D eigenvalue weighted by Crippen LogP contribution is 2.42. The minimum Gasteiger partial charge on any atom is -0.358 e. The van der Waals surface area contributed by atoms with Gasteiger partial charge in [-0.3, -0.25) is 4.57 Å². The summed E-state index contributed by atoms with van der Waals surface area (Å²) in [7, 11) is -3.59. The number of hydrogen-bond acceptors (Lipinski definition) is 8. The van der Waals surface area contributed by atoms with Crippen LogP contribution in [0.4, 0.5) is 36.2 Å². The van der Waals surface area contributed by atoms with Crippen LogP contribution in [0.5, 0.6) is 0 Å². The van der Waals surface area contributed by atoms with E-state index < -0.39 is 21.7 Å². The molecule has 9 nitrogen and oxygen atoms in total. The van der Waals surface area contributed by atoms with Crippen LogP contribution in [0.25, 0.3) is 11.2 Å². The van der Waals surface area contributed by atoms with E-state index >= 15 is 0 Å². The predicted molar refractivity (Wildman–Crippen MR) is 148 cm³/mol. The summed E-state index contributed by atoms with van der Waals surface area (Å²) in [5.41, 5.74) is 1.67. The van der Waals surface area contributed by atoms with Crippen LogP contribution in [-0.2, 0) is 20.8 Å². The van der Waals surface area contributed by atoms with Gasteiger partial charge in [-0.05, 0) is 74.8 Å². The fourth-order valence-electron chi connectivity index (χ4n) is 5.16. The van der Waals surface area contributed by atoms with Gasteiger partial charge in [0, 0.05) is 18.9 Å². The van der Waals surface area contributed by atoms with Gasteiger partial charge in [0.25, 0.3) is 0 Å². The second-order valence-corrected chi connectivity index (χ2v) is 12.5. The Kier molecular flexibility index (Phi) is 6.89. The topological polar surface area (TPSA) is 111 Å². The first-order chi connectivity index (χ1) is 19.5. The molecule has 0 bridgehead atoms. The number of hydrogen-bond donors (Lipinski definition) is 2. The molecule has 1 aromatic carbocycles. The molecule has 0 spiro atoms. The number of anilines is 4. The van der Waals surface area contributed by atoms with Gasteiger partial charge >= 0.3 is 6.18 Å². The van der Waals surface area contributed by atoms with E-state index in [0.717, 1.165) is 50.0 Å². The number of nitrogens with one attached hydrogen (secondary N) is 2. The van der Waals surface area contributed by atoms with Gasteiger partial charge < -0.3 is 15.4 Å². The Morgan fingerprint density at radius 1 is 0.951 bits per heavy atom. The molecule has 216 valence electrons. The predicted octanol–water partition coefficient (Wildman–Crippen LogP) is 6.62. The summed E-state index contributed by atoms with van der Waals surface area (Å²) in [4.78, 5) is 13.3. The van der Waals surface area contributed by atoms with Gasteiger partial charge in [-0.2, -0.15) is 13.2 Å². The van der Waals surface area contributed by atoms with Crippen molar-refractivity contribution in [3.8, 4) is 0 Å². The number of imidazole rings is 1. The molecule has 1 aliphatic heterocycles. The lowest BCUT2D eigenvalue weighted by molar-refractivity contribution is -0.141. The molecule has 41 heavy (non-hydrogen) atoms. The first-order valence-corrected chi connectivity index (χ1v) is 15.3. The third kappa shape index (κ3) is 5.73. The van der Waals surface area contributed by atoms with Crippen molar-refractivity contribution in [2.75, 3.05) is 23.5 Å². The van der Waals surface area contributed by atoms with Crippen LogP contribution < -0.4 is 10.6 Å². The SMILES string of the molecule is Cc1nc2c(Nc3ccc(C4CC4)cc3S(C)(=O)=O)cc(Nc3cccc(C(F)(F)F)n3)nc2n1C1CCCCO1. The van der Waals surface area contributed by atoms with E-state index in [2.05, 4.69) is 15.6 Å². The number of halogens is 3. The first kappa shape index (κ1) is 27.5. The van der Waals surface area contributed by atoms with Gasteiger partial charge in [0.2, 0.25) is 0 Å². The van der Waals surface area contributed by atoms with Crippen LogP contribution in [0, 0.1) is 6.92 Å². The van der Waals surface area contributed by atoms with Crippen molar-refractivity contribution in [1.82, 2.24) is 19.5 Å². The zero-order valence-corrected chi connectivity index (χ0v) is 23.3. The molecular formula is C28H29F3N6O3S. The first-order valence-electron chi connectivity index (χ1n) is 13.4. The van der Waals surface area contributed by atoms with E-state index in [4.69, 9.17) is 14.7 Å². The molecule has 3 aromatic heterocycles. The minimum absolute atomic E-state index is 0.0417. The van der Waals surface area contributed by atoms with Crippen LogP contribution >= 0.6 is 0 Å². The zero-order valence-electron chi connectivity index (χ0n) is 22.5. The Morgan fingerprint density at radius 3 is 2.44 bits per heavy atom. The molecular weight excluding hydrogens is 557 g/mol. The number of alkyl halides is 3. The Labute approximate surface area is 235 Å². The smallest absolute Gasteiger partial charge is 0.358 e. The summed E-state index contributed by atoms with van der Waals surface area (Å²) < 4.78 is 73.4. The summed E-state index contributed by atoms with van der Waals surface area (Å²) in [6.45, 7) is 2.42. The van der Waals surface area contributed by atoms with Crippen molar-refractivity contribution < 1.29 is 26.3 Å². The highest BCUT2D eigenvalue weighted by molar-refractivity contribution is 7.90. The maximum absolute atomic E-state index is 13.3. The van der Waals surface area contributed by atoms with Crippen LogP contribution in [0.1, 0.15) is 61.3 Å². The lowest BCUT2D eigenvalue weighted by Gasteiger charge is -2.25. The van der Waals surface area contributed by atoms with Crippen molar-refractivity contribution in [3.05, 3.63) is 59.5 Å². The number of aryl methyl sites for hydroxylation is 1. The third-order valence-corrected chi connectivity index (χ3v) is 8.42. The second-order valence-electron chi connectivity index (χ2n) is 10.5. The van der Waals surface area contributed by atoms with Crippen molar-refractivity contribution in [3.63, 3.8) is 0 Å². The fraction of sp³-hybridized carbons (Fsp3) is 0.393. The molecule has 2 N–H and O–H groups in total. The van der Waals surface area contributed by atoms with Crippen molar-refractivity contribution in [2.24, 2.45) is 0 Å². The monoisotopic (exact) mass is 586 g/mol. The molecule has 1 unspecified atom stereocenters. The van der Waals surface area contributed by atoms with Gasteiger partial charge in [0.15, 0.2) is 15.5 Å². The number of rotatable bonds is 7. The minimum atomic E-state index is -4.61. The number of pyridine rings is 2. The van der Waals surface area contributed by atoms with E-state index in [1.807, 2.05) is 17.6 Å². The van der Waals surface area contributed by atoms with E-state index in [9.17, 15) is 21.6 Å². The summed E-state index contributed by atoms with van der Waals surface area (Å²) in [5.74, 6) is 1.17. The van der Waals surface area contributed by atoms with Crippen LogP contribution in [-0.4, -0.2) is 40.8 Å². The number of benzene rings is 1. The highest BCUT2D eigenvalue weighted by Gasteiger charge is 2.33.